The summed E-state index contributed by atoms with van der Waals surface area (Å²) in [6, 6.07) is 5.19. The first-order valence-electron chi connectivity index (χ1n) is 7.55. The van der Waals surface area contributed by atoms with Gasteiger partial charge < -0.3 is 14.6 Å². The van der Waals surface area contributed by atoms with Gasteiger partial charge in [0.25, 0.3) is 0 Å². The Kier molecular flexibility index (Phi) is 4.12. The molecule has 1 unspecified atom stereocenters. The van der Waals surface area contributed by atoms with Gasteiger partial charge in [-0.1, -0.05) is 13.3 Å². The molecule has 3 rings (SSSR count). The molecule has 1 aromatic carbocycles. The van der Waals surface area contributed by atoms with Crippen LogP contribution in [0.15, 0.2) is 18.2 Å². The summed E-state index contributed by atoms with van der Waals surface area (Å²) in [5.41, 5.74) is 0.652. The van der Waals surface area contributed by atoms with Gasteiger partial charge in [0.2, 0.25) is 6.79 Å². The molecule has 5 heteroatoms. The fraction of sp³-hybridized carbons (Fsp3) is 0.562. The Balaban J connectivity index is 1.80. The average molecular weight is 291 g/mol. The molecule has 1 N–H and O–H groups in total. The number of β-amino-alcohol motifs (C(OH)–C–C–N with tert-alkyl or cyclic N) is 1. The molecule has 5 nitrogen and oxygen atoms in total. The molecule has 1 fully saturated rings. The van der Waals surface area contributed by atoms with Crippen molar-refractivity contribution in [2.24, 2.45) is 0 Å². The maximum absolute atomic E-state index is 12.8. The Morgan fingerprint density at radius 1 is 1.43 bits per heavy atom. The van der Waals surface area contributed by atoms with E-state index in [2.05, 4.69) is 11.8 Å². The van der Waals surface area contributed by atoms with Gasteiger partial charge in [-0.3, -0.25) is 9.69 Å². The van der Waals surface area contributed by atoms with Gasteiger partial charge in [0.15, 0.2) is 17.3 Å². The van der Waals surface area contributed by atoms with Crippen LogP contribution in [0.4, 0.5) is 0 Å². The minimum Gasteiger partial charge on any atom is -0.454 e. The van der Waals surface area contributed by atoms with E-state index in [4.69, 9.17) is 9.47 Å². The number of ketones is 1. The monoisotopic (exact) mass is 291 g/mol. The molecule has 1 aromatic rings. The van der Waals surface area contributed by atoms with Crippen LogP contribution in [0.1, 0.15) is 36.5 Å². The van der Waals surface area contributed by atoms with E-state index in [1.807, 2.05) is 0 Å². The molecule has 21 heavy (non-hydrogen) atoms. The number of Topliss-reactive ketones (excluding diaryl/α,β-unsaturated/α-hetero) is 1. The summed E-state index contributed by atoms with van der Waals surface area (Å²) in [5, 5.41) is 9.71. The molecule has 0 aliphatic carbocycles. The van der Waals surface area contributed by atoms with Gasteiger partial charge in [-0.2, -0.15) is 0 Å². The fourth-order valence-corrected chi connectivity index (χ4v) is 3.05. The summed E-state index contributed by atoms with van der Waals surface area (Å²) < 4.78 is 10.6. The Morgan fingerprint density at radius 2 is 2.24 bits per heavy atom. The molecule has 1 saturated heterocycles. The van der Waals surface area contributed by atoms with Gasteiger partial charge in [-0.15, -0.1) is 0 Å². The van der Waals surface area contributed by atoms with Crippen molar-refractivity contribution >= 4 is 5.78 Å². The number of aliphatic hydroxyl groups excluding tert-OH is 1. The van der Waals surface area contributed by atoms with Crippen molar-refractivity contribution in [2.45, 2.75) is 38.3 Å². The lowest BCUT2D eigenvalue weighted by Gasteiger charge is -2.26. The molecule has 2 aliphatic rings. The van der Waals surface area contributed by atoms with Gasteiger partial charge in [0.1, 0.15) is 0 Å². The largest absolute Gasteiger partial charge is 0.454 e. The highest BCUT2D eigenvalue weighted by Gasteiger charge is 2.32. The first-order chi connectivity index (χ1) is 10.2. The minimum absolute atomic E-state index is 0.101. The van der Waals surface area contributed by atoms with E-state index in [0.29, 0.717) is 23.6 Å². The van der Waals surface area contributed by atoms with E-state index >= 15 is 0 Å². The third-order valence-electron chi connectivity index (χ3n) is 4.16. The quantitative estimate of drug-likeness (QED) is 0.839. The second-order valence-corrected chi connectivity index (χ2v) is 5.67. The van der Waals surface area contributed by atoms with E-state index in [1.165, 1.54) is 0 Å². The molecular weight excluding hydrogens is 270 g/mol. The Labute approximate surface area is 124 Å². The highest BCUT2D eigenvalue weighted by molar-refractivity contribution is 6.00. The third kappa shape index (κ3) is 2.89. The number of carbonyl (C=O) groups excluding carboxylic acids is 1. The number of aliphatic hydroxyl groups is 1. The predicted molar refractivity (Wildman–Crippen MR) is 77.8 cm³/mol. The van der Waals surface area contributed by atoms with Crippen LogP contribution in [0.5, 0.6) is 11.5 Å². The van der Waals surface area contributed by atoms with Gasteiger partial charge in [0, 0.05) is 18.7 Å². The van der Waals surface area contributed by atoms with Crippen LogP contribution in [-0.2, 0) is 0 Å². The first-order valence-corrected chi connectivity index (χ1v) is 7.55. The molecular formula is C16H21NO4. The van der Waals surface area contributed by atoms with Crippen LogP contribution in [0.2, 0.25) is 0 Å². The van der Waals surface area contributed by atoms with E-state index in [1.54, 1.807) is 18.2 Å². The van der Waals surface area contributed by atoms with E-state index < -0.39 is 0 Å². The lowest BCUT2D eigenvalue weighted by atomic mass is 9.99. The number of likely N-dealkylation sites (tertiary alicyclic amines) is 1. The van der Waals surface area contributed by atoms with Gasteiger partial charge in [0.05, 0.1) is 12.1 Å². The summed E-state index contributed by atoms with van der Waals surface area (Å²) in [5.74, 6) is 1.43. The average Bonchev–Trinajstić information content (AvgIpc) is 3.11. The minimum atomic E-state index is -0.311. The topological polar surface area (TPSA) is 59.0 Å². The number of fused-ring (bicyclic) bond motifs is 1. The zero-order chi connectivity index (χ0) is 14.8. The number of carbonyl (C=O) groups is 1. The molecule has 0 amide bonds. The molecule has 0 saturated carbocycles. The summed E-state index contributed by atoms with van der Waals surface area (Å²) in [7, 11) is 0. The number of hydrogen-bond acceptors (Lipinski definition) is 5. The van der Waals surface area contributed by atoms with Crippen LogP contribution in [0.3, 0.4) is 0 Å². The summed E-state index contributed by atoms with van der Waals surface area (Å²) in [4.78, 5) is 14.9. The number of ether oxygens (including phenoxy) is 2. The second-order valence-electron chi connectivity index (χ2n) is 5.67. The smallest absolute Gasteiger partial charge is 0.231 e. The van der Waals surface area contributed by atoms with Gasteiger partial charge in [-0.05, 0) is 31.0 Å². The van der Waals surface area contributed by atoms with Crippen molar-refractivity contribution in [3.05, 3.63) is 23.8 Å². The number of rotatable bonds is 5. The Morgan fingerprint density at radius 3 is 2.95 bits per heavy atom. The highest BCUT2D eigenvalue weighted by atomic mass is 16.7. The molecule has 114 valence electrons. The number of benzene rings is 1. The first kappa shape index (κ1) is 14.4. The maximum Gasteiger partial charge on any atom is 0.231 e. The van der Waals surface area contributed by atoms with Crippen LogP contribution in [0, 0.1) is 0 Å². The van der Waals surface area contributed by atoms with Crippen LogP contribution in [0.25, 0.3) is 0 Å². The van der Waals surface area contributed by atoms with Crippen LogP contribution < -0.4 is 9.47 Å². The van der Waals surface area contributed by atoms with Crippen molar-refractivity contribution in [2.75, 3.05) is 19.9 Å². The van der Waals surface area contributed by atoms with Crippen LogP contribution >= 0.6 is 0 Å². The standard InChI is InChI=1S/C16H21NO4/c1-2-3-13(17-7-6-12(18)9-17)16(19)11-4-5-14-15(8-11)21-10-20-14/h4-5,8,12-13,18H,2-3,6-7,9-10H2,1H3/t12-,13?/m0/s1. The molecule has 0 aromatic heterocycles. The molecule has 2 atom stereocenters. The van der Waals surface area contributed by atoms with E-state index in [0.717, 1.165) is 25.8 Å². The van der Waals surface area contributed by atoms with E-state index in [-0.39, 0.29) is 24.7 Å². The number of nitrogens with zero attached hydrogens (tertiary/aromatic N) is 1. The van der Waals surface area contributed by atoms with Crippen LogP contribution in [-0.4, -0.2) is 47.8 Å². The lowest BCUT2D eigenvalue weighted by Crippen LogP contribution is -2.40. The van der Waals surface area contributed by atoms with Crippen molar-refractivity contribution < 1.29 is 19.4 Å². The SMILES string of the molecule is CCCC(C(=O)c1ccc2c(c1)OCO2)N1CC[C@H](O)C1. The van der Waals surface area contributed by atoms with Crippen molar-refractivity contribution in [3.63, 3.8) is 0 Å². The Bertz CT molecular complexity index is 531. The van der Waals surface area contributed by atoms with E-state index in [9.17, 15) is 9.90 Å². The van der Waals surface area contributed by atoms with Gasteiger partial charge in [-0.25, -0.2) is 0 Å². The highest BCUT2D eigenvalue weighted by Crippen LogP contribution is 2.33. The molecule has 0 radical (unpaired) electrons. The Hall–Kier alpha value is -1.59. The molecule has 0 bridgehead atoms. The normalized spacial score (nSPS) is 22.5. The molecule has 2 aliphatic heterocycles. The lowest BCUT2D eigenvalue weighted by molar-refractivity contribution is 0.0813. The third-order valence-corrected chi connectivity index (χ3v) is 4.16. The maximum atomic E-state index is 12.8. The summed E-state index contributed by atoms with van der Waals surface area (Å²) in [6.45, 7) is 3.65. The second kappa shape index (κ2) is 6.03. The van der Waals surface area contributed by atoms with Crippen molar-refractivity contribution in [1.29, 1.82) is 0 Å². The number of hydrogen-bond donors (Lipinski definition) is 1. The zero-order valence-electron chi connectivity index (χ0n) is 12.2. The van der Waals surface area contributed by atoms with Gasteiger partial charge >= 0.3 is 0 Å². The predicted octanol–water partition coefficient (Wildman–Crippen LogP) is 1.83. The van der Waals surface area contributed by atoms with Crippen molar-refractivity contribution in [3.8, 4) is 11.5 Å². The molecule has 2 heterocycles. The summed E-state index contributed by atoms with van der Waals surface area (Å²) in [6.07, 6.45) is 2.18. The summed E-state index contributed by atoms with van der Waals surface area (Å²) >= 11 is 0. The zero-order valence-corrected chi connectivity index (χ0v) is 12.2. The van der Waals surface area contributed by atoms with Crippen molar-refractivity contribution in [1.82, 2.24) is 4.90 Å². The fourth-order valence-electron chi connectivity index (χ4n) is 3.05. The molecule has 0 spiro atoms.